The first-order chi connectivity index (χ1) is 12.9. The number of carbonyl (C=O) groups excluding carboxylic acids is 1. The van der Waals surface area contributed by atoms with Crippen LogP contribution in [0.2, 0.25) is 0 Å². The molecule has 27 heavy (non-hydrogen) atoms. The van der Waals surface area contributed by atoms with Gasteiger partial charge in [0.25, 0.3) is 0 Å². The largest absolute Gasteiger partial charge is 0.325 e. The van der Waals surface area contributed by atoms with Crippen LogP contribution in [0.4, 0.5) is 14.9 Å². The van der Waals surface area contributed by atoms with Gasteiger partial charge < -0.3 is 4.90 Å². The quantitative estimate of drug-likeness (QED) is 0.744. The Morgan fingerprint density at radius 2 is 1.93 bits per heavy atom. The lowest BCUT2D eigenvalue weighted by Gasteiger charge is -2.29. The van der Waals surface area contributed by atoms with Gasteiger partial charge in [0, 0.05) is 24.0 Å². The van der Waals surface area contributed by atoms with Gasteiger partial charge in [0.05, 0.1) is 18.3 Å². The summed E-state index contributed by atoms with van der Waals surface area (Å²) in [5.41, 5.74) is 3.32. The van der Waals surface area contributed by atoms with Gasteiger partial charge in [-0.15, -0.1) is 0 Å². The van der Waals surface area contributed by atoms with Crippen molar-refractivity contribution in [3.8, 4) is 11.1 Å². The molecule has 1 aliphatic rings. The number of halogens is 1. The van der Waals surface area contributed by atoms with Gasteiger partial charge in [0.15, 0.2) is 0 Å². The van der Waals surface area contributed by atoms with Gasteiger partial charge in [0.1, 0.15) is 5.82 Å². The van der Waals surface area contributed by atoms with Crippen molar-refractivity contribution < 1.29 is 9.18 Å². The van der Waals surface area contributed by atoms with Crippen LogP contribution < -0.4 is 4.90 Å². The Balaban J connectivity index is 1.57. The minimum Gasteiger partial charge on any atom is -0.313 e. The Morgan fingerprint density at radius 3 is 2.59 bits per heavy atom. The second kappa shape index (κ2) is 6.54. The zero-order chi connectivity index (χ0) is 19.0. The number of hydrogen-bond acceptors (Lipinski definition) is 2. The molecule has 4 rings (SSSR count). The number of nitrogens with one attached hydrogen (secondary N) is 1. The number of carbonyl (C=O) groups is 1. The monoisotopic (exact) mass is 364 g/mol. The molecule has 0 bridgehead atoms. The van der Waals surface area contributed by atoms with Gasteiger partial charge in [-0.3, -0.25) is 10.00 Å². The molecule has 0 unspecified atom stereocenters. The average molecular weight is 364 g/mol. The molecule has 2 aromatic carbocycles. The zero-order valence-electron chi connectivity index (χ0n) is 15.3. The van der Waals surface area contributed by atoms with E-state index in [0.717, 1.165) is 22.4 Å². The number of H-pyrrole nitrogens is 1. The number of hydrogen-bond donors (Lipinski definition) is 1. The van der Waals surface area contributed by atoms with Crippen molar-refractivity contribution in [1.82, 2.24) is 15.1 Å². The number of nitrogens with zero attached hydrogens (tertiary/aromatic N) is 3. The summed E-state index contributed by atoms with van der Waals surface area (Å²) in [5.74, 6) is -0.288. The van der Waals surface area contributed by atoms with E-state index in [-0.39, 0.29) is 17.4 Å². The molecule has 6 heteroatoms. The molecule has 0 radical (unpaired) electrons. The molecule has 1 saturated heterocycles. The molecule has 0 saturated carbocycles. The Hall–Kier alpha value is -3.15. The standard InChI is InChI=1S/C21H21FN4O/c1-21(2)14-25(19-8-6-16(7-9-19)17-11-23-24-12-17)20(27)26(21)13-15-4-3-5-18(22)10-15/h3-12H,13-14H2,1-2H3,(H,23,24). The number of aromatic nitrogens is 2. The molecular weight excluding hydrogens is 343 g/mol. The maximum absolute atomic E-state index is 13.5. The minimum atomic E-state index is -0.355. The van der Waals surface area contributed by atoms with E-state index in [9.17, 15) is 9.18 Å². The topological polar surface area (TPSA) is 52.2 Å². The first-order valence-electron chi connectivity index (χ1n) is 8.87. The van der Waals surface area contributed by atoms with Gasteiger partial charge >= 0.3 is 6.03 Å². The summed E-state index contributed by atoms with van der Waals surface area (Å²) in [6.45, 7) is 5.02. The third kappa shape index (κ3) is 3.30. The molecule has 138 valence electrons. The fraction of sp³-hybridized carbons (Fsp3) is 0.238. The van der Waals surface area contributed by atoms with Crippen LogP contribution in [0.3, 0.4) is 0 Å². The molecule has 1 aliphatic heterocycles. The highest BCUT2D eigenvalue weighted by Gasteiger charge is 2.43. The molecule has 2 heterocycles. The molecule has 1 fully saturated rings. The highest BCUT2D eigenvalue weighted by atomic mass is 19.1. The number of benzene rings is 2. The van der Waals surface area contributed by atoms with E-state index in [0.29, 0.717) is 13.1 Å². The number of amides is 2. The Morgan fingerprint density at radius 1 is 1.15 bits per heavy atom. The minimum absolute atomic E-state index is 0.0691. The van der Waals surface area contributed by atoms with Crippen LogP contribution in [0.15, 0.2) is 60.9 Å². The lowest BCUT2D eigenvalue weighted by Crippen LogP contribution is -2.41. The fourth-order valence-electron chi connectivity index (χ4n) is 3.49. The Labute approximate surface area is 157 Å². The maximum Gasteiger partial charge on any atom is 0.325 e. The maximum atomic E-state index is 13.5. The summed E-state index contributed by atoms with van der Waals surface area (Å²) < 4.78 is 13.5. The van der Waals surface area contributed by atoms with Crippen LogP contribution in [0, 0.1) is 5.82 Å². The molecule has 1 N–H and O–H groups in total. The second-order valence-corrected chi connectivity index (χ2v) is 7.43. The summed E-state index contributed by atoms with van der Waals surface area (Å²) in [6, 6.07) is 14.2. The lowest BCUT2D eigenvalue weighted by atomic mass is 10.0. The average Bonchev–Trinajstić information content (AvgIpc) is 3.25. The predicted octanol–water partition coefficient (Wildman–Crippen LogP) is 4.44. The van der Waals surface area contributed by atoms with E-state index in [1.165, 1.54) is 12.1 Å². The molecular formula is C21H21FN4O. The van der Waals surface area contributed by atoms with Crippen LogP contribution in [-0.2, 0) is 6.54 Å². The first kappa shape index (κ1) is 17.3. The third-order valence-electron chi connectivity index (χ3n) is 4.98. The van der Waals surface area contributed by atoms with Crippen molar-refractivity contribution in [3.05, 3.63) is 72.3 Å². The number of anilines is 1. The number of aromatic amines is 1. The normalized spacial score (nSPS) is 16.2. The number of rotatable bonds is 4. The van der Waals surface area contributed by atoms with Crippen molar-refractivity contribution >= 4 is 11.7 Å². The number of urea groups is 1. The molecule has 2 amide bonds. The molecule has 0 aliphatic carbocycles. The summed E-state index contributed by atoms with van der Waals surface area (Å²) in [6.07, 6.45) is 3.60. The summed E-state index contributed by atoms with van der Waals surface area (Å²) >= 11 is 0. The van der Waals surface area contributed by atoms with Crippen LogP contribution in [-0.4, -0.2) is 33.2 Å². The highest BCUT2D eigenvalue weighted by Crippen LogP contribution is 2.33. The van der Waals surface area contributed by atoms with E-state index in [2.05, 4.69) is 10.2 Å². The summed E-state index contributed by atoms with van der Waals surface area (Å²) in [7, 11) is 0. The SMILES string of the molecule is CC1(C)CN(c2ccc(-c3cn[nH]c3)cc2)C(=O)N1Cc1cccc(F)c1. The van der Waals surface area contributed by atoms with E-state index in [1.807, 2.05) is 50.4 Å². The van der Waals surface area contributed by atoms with Gasteiger partial charge in [-0.1, -0.05) is 24.3 Å². The molecule has 0 spiro atoms. The van der Waals surface area contributed by atoms with Crippen LogP contribution in [0.25, 0.3) is 11.1 Å². The van der Waals surface area contributed by atoms with E-state index in [4.69, 9.17) is 0 Å². The molecule has 5 nitrogen and oxygen atoms in total. The summed E-state index contributed by atoms with van der Waals surface area (Å²) in [5, 5.41) is 6.76. The van der Waals surface area contributed by atoms with Crippen LogP contribution in [0.5, 0.6) is 0 Å². The van der Waals surface area contributed by atoms with Gasteiger partial charge in [-0.2, -0.15) is 5.10 Å². The lowest BCUT2D eigenvalue weighted by molar-refractivity contribution is 0.172. The third-order valence-corrected chi connectivity index (χ3v) is 4.98. The van der Waals surface area contributed by atoms with Gasteiger partial charge in [-0.05, 0) is 49.2 Å². The van der Waals surface area contributed by atoms with Crippen molar-refractivity contribution in [2.45, 2.75) is 25.9 Å². The highest BCUT2D eigenvalue weighted by molar-refractivity contribution is 5.95. The van der Waals surface area contributed by atoms with Crippen LogP contribution >= 0.6 is 0 Å². The van der Waals surface area contributed by atoms with Crippen molar-refractivity contribution in [2.24, 2.45) is 0 Å². The zero-order valence-corrected chi connectivity index (χ0v) is 15.3. The second-order valence-electron chi connectivity index (χ2n) is 7.43. The molecule has 3 aromatic rings. The van der Waals surface area contributed by atoms with Gasteiger partial charge in [0.2, 0.25) is 0 Å². The van der Waals surface area contributed by atoms with E-state index in [1.54, 1.807) is 22.1 Å². The summed E-state index contributed by atoms with van der Waals surface area (Å²) in [4.78, 5) is 16.6. The van der Waals surface area contributed by atoms with Crippen LogP contribution in [0.1, 0.15) is 19.4 Å². The Bertz CT molecular complexity index is 951. The van der Waals surface area contributed by atoms with Crippen molar-refractivity contribution in [2.75, 3.05) is 11.4 Å². The van der Waals surface area contributed by atoms with E-state index >= 15 is 0 Å². The first-order valence-corrected chi connectivity index (χ1v) is 8.87. The fourth-order valence-corrected chi connectivity index (χ4v) is 3.49. The van der Waals surface area contributed by atoms with Gasteiger partial charge in [-0.25, -0.2) is 9.18 Å². The van der Waals surface area contributed by atoms with Crippen molar-refractivity contribution in [3.63, 3.8) is 0 Å². The predicted molar refractivity (Wildman–Crippen MR) is 103 cm³/mol. The smallest absolute Gasteiger partial charge is 0.313 e. The van der Waals surface area contributed by atoms with Crippen molar-refractivity contribution in [1.29, 1.82) is 0 Å². The van der Waals surface area contributed by atoms with E-state index < -0.39 is 0 Å². The molecule has 1 aromatic heterocycles. The Kier molecular flexibility index (Phi) is 4.18. The molecule has 0 atom stereocenters.